The van der Waals surface area contributed by atoms with Crippen molar-refractivity contribution in [3.05, 3.63) is 76.5 Å². The zero-order chi connectivity index (χ0) is 18.6. The number of aromatic nitrogens is 2. The van der Waals surface area contributed by atoms with E-state index in [2.05, 4.69) is 15.1 Å². The molecule has 0 spiro atoms. The standard InChI is InChI=1S/C19H15FN4OS2/c20-14-6-4-13(5-7-14)16-11-15(17-3-1-10-26-17)23-24(16)18(25)12-27-19-21-8-2-9-22-19/h1-10,16H,11-12H2/t16-/m1/s1. The highest BCUT2D eigenvalue weighted by molar-refractivity contribution is 7.99. The van der Waals surface area contributed by atoms with Crippen LogP contribution >= 0.6 is 23.1 Å². The smallest absolute Gasteiger partial charge is 0.253 e. The Balaban J connectivity index is 1.56. The van der Waals surface area contributed by atoms with Crippen LogP contribution in [0, 0.1) is 5.82 Å². The zero-order valence-corrected chi connectivity index (χ0v) is 15.8. The lowest BCUT2D eigenvalue weighted by molar-refractivity contribution is -0.130. The quantitative estimate of drug-likeness (QED) is 0.479. The number of amides is 1. The molecule has 1 atom stereocenters. The van der Waals surface area contributed by atoms with E-state index in [0.717, 1.165) is 16.2 Å². The number of thiophene rings is 1. The molecule has 0 saturated carbocycles. The minimum Gasteiger partial charge on any atom is -0.272 e. The Kier molecular flexibility index (Phi) is 5.26. The second-order valence-corrected chi connectivity index (χ2v) is 7.74. The molecule has 0 fully saturated rings. The van der Waals surface area contributed by atoms with Crippen molar-refractivity contribution in [3.63, 3.8) is 0 Å². The largest absolute Gasteiger partial charge is 0.272 e. The van der Waals surface area contributed by atoms with Gasteiger partial charge in [0.2, 0.25) is 0 Å². The highest BCUT2D eigenvalue weighted by Crippen LogP contribution is 2.34. The summed E-state index contributed by atoms with van der Waals surface area (Å²) < 4.78 is 13.3. The molecule has 1 aliphatic heterocycles. The third-order valence-corrected chi connectivity index (χ3v) is 5.87. The van der Waals surface area contributed by atoms with Crippen molar-refractivity contribution < 1.29 is 9.18 Å². The summed E-state index contributed by atoms with van der Waals surface area (Å²) in [6.45, 7) is 0. The molecule has 1 aromatic carbocycles. The van der Waals surface area contributed by atoms with Crippen LogP contribution in [0.1, 0.15) is 22.9 Å². The number of hydrogen-bond donors (Lipinski definition) is 0. The second-order valence-electron chi connectivity index (χ2n) is 5.85. The van der Waals surface area contributed by atoms with Gasteiger partial charge in [0.25, 0.3) is 5.91 Å². The number of carbonyl (C=O) groups is 1. The lowest BCUT2D eigenvalue weighted by Crippen LogP contribution is -2.28. The summed E-state index contributed by atoms with van der Waals surface area (Å²) in [5.74, 6) is -0.248. The first-order valence-corrected chi connectivity index (χ1v) is 10.2. The highest BCUT2D eigenvalue weighted by Gasteiger charge is 2.33. The van der Waals surface area contributed by atoms with Crippen LogP contribution in [0.15, 0.2) is 70.5 Å². The normalized spacial score (nSPS) is 16.4. The SMILES string of the molecule is O=C(CSc1ncccn1)N1N=C(c2cccs2)C[C@@H]1c1ccc(F)cc1. The molecule has 4 rings (SSSR count). The van der Waals surface area contributed by atoms with Gasteiger partial charge in [-0.25, -0.2) is 19.4 Å². The topological polar surface area (TPSA) is 58.5 Å². The summed E-state index contributed by atoms with van der Waals surface area (Å²) in [6, 6.07) is 11.7. The van der Waals surface area contributed by atoms with E-state index in [1.807, 2.05) is 17.5 Å². The molecule has 1 aliphatic rings. The Hall–Kier alpha value is -2.58. The average molecular weight is 398 g/mol. The highest BCUT2D eigenvalue weighted by atomic mass is 32.2. The first-order chi connectivity index (χ1) is 13.2. The predicted molar refractivity (Wildman–Crippen MR) is 104 cm³/mol. The molecule has 8 heteroatoms. The molecule has 27 heavy (non-hydrogen) atoms. The van der Waals surface area contributed by atoms with Crippen molar-refractivity contribution in [2.24, 2.45) is 5.10 Å². The number of halogens is 1. The molecule has 2 aromatic heterocycles. The Morgan fingerprint density at radius 3 is 2.67 bits per heavy atom. The van der Waals surface area contributed by atoms with Crippen LogP contribution in [-0.4, -0.2) is 32.3 Å². The first kappa shape index (κ1) is 17.8. The monoisotopic (exact) mass is 398 g/mol. The number of hydrogen-bond acceptors (Lipinski definition) is 6. The van der Waals surface area contributed by atoms with E-state index in [1.165, 1.54) is 28.9 Å². The van der Waals surface area contributed by atoms with E-state index in [0.29, 0.717) is 11.6 Å². The van der Waals surface area contributed by atoms with E-state index < -0.39 is 0 Å². The number of rotatable bonds is 5. The lowest BCUT2D eigenvalue weighted by atomic mass is 10.0. The fourth-order valence-corrected chi connectivity index (χ4v) is 4.21. The zero-order valence-electron chi connectivity index (χ0n) is 14.2. The summed E-state index contributed by atoms with van der Waals surface area (Å²) >= 11 is 2.86. The Morgan fingerprint density at radius 1 is 1.19 bits per heavy atom. The minimum absolute atomic E-state index is 0.131. The van der Waals surface area contributed by atoms with Gasteiger partial charge in [-0.3, -0.25) is 4.79 Å². The van der Waals surface area contributed by atoms with E-state index in [4.69, 9.17) is 0 Å². The van der Waals surface area contributed by atoms with E-state index in [-0.39, 0.29) is 23.5 Å². The van der Waals surface area contributed by atoms with Gasteiger partial charge in [0.05, 0.1) is 22.4 Å². The first-order valence-electron chi connectivity index (χ1n) is 8.29. The molecule has 0 radical (unpaired) electrons. The van der Waals surface area contributed by atoms with Gasteiger partial charge >= 0.3 is 0 Å². The second kappa shape index (κ2) is 7.98. The molecule has 0 unspecified atom stereocenters. The van der Waals surface area contributed by atoms with Crippen LogP contribution in [-0.2, 0) is 4.79 Å². The number of benzene rings is 1. The molecule has 0 aliphatic carbocycles. The van der Waals surface area contributed by atoms with Crippen molar-refractivity contribution >= 4 is 34.7 Å². The maximum absolute atomic E-state index is 13.3. The minimum atomic E-state index is -0.300. The molecule has 1 amide bonds. The van der Waals surface area contributed by atoms with Crippen molar-refractivity contribution in [1.82, 2.24) is 15.0 Å². The maximum atomic E-state index is 13.3. The van der Waals surface area contributed by atoms with Gasteiger partial charge < -0.3 is 0 Å². The summed E-state index contributed by atoms with van der Waals surface area (Å²) in [6.07, 6.45) is 3.89. The van der Waals surface area contributed by atoms with Crippen LogP contribution < -0.4 is 0 Å². The van der Waals surface area contributed by atoms with Gasteiger partial charge in [-0.2, -0.15) is 5.10 Å². The van der Waals surface area contributed by atoms with Gasteiger partial charge in [0.15, 0.2) is 5.16 Å². The molecule has 0 bridgehead atoms. The molecule has 5 nitrogen and oxygen atoms in total. The third-order valence-electron chi connectivity index (χ3n) is 4.09. The Labute approximate surface area is 164 Å². The number of hydrazone groups is 1. The van der Waals surface area contributed by atoms with Crippen LogP contribution in [0.2, 0.25) is 0 Å². The maximum Gasteiger partial charge on any atom is 0.253 e. The molecule has 136 valence electrons. The number of carbonyl (C=O) groups excluding carboxylic acids is 1. The molecule has 0 N–H and O–H groups in total. The van der Waals surface area contributed by atoms with Crippen molar-refractivity contribution in [2.75, 3.05) is 5.75 Å². The fraction of sp³-hybridized carbons (Fsp3) is 0.158. The Bertz CT molecular complexity index is 946. The van der Waals surface area contributed by atoms with Crippen LogP contribution in [0.5, 0.6) is 0 Å². The molecular formula is C19H15FN4OS2. The van der Waals surface area contributed by atoms with Crippen molar-refractivity contribution in [2.45, 2.75) is 17.6 Å². The third kappa shape index (κ3) is 4.06. The summed E-state index contributed by atoms with van der Waals surface area (Å²) in [5.41, 5.74) is 1.73. The van der Waals surface area contributed by atoms with Crippen LogP contribution in [0.3, 0.4) is 0 Å². The van der Waals surface area contributed by atoms with Gasteiger partial charge in [0, 0.05) is 18.8 Å². The van der Waals surface area contributed by atoms with E-state index >= 15 is 0 Å². The van der Waals surface area contributed by atoms with E-state index in [1.54, 1.807) is 41.9 Å². The average Bonchev–Trinajstić information content (AvgIpc) is 3.37. The van der Waals surface area contributed by atoms with Crippen LogP contribution in [0.25, 0.3) is 0 Å². The number of nitrogens with zero attached hydrogens (tertiary/aromatic N) is 4. The molecule has 3 heterocycles. The van der Waals surface area contributed by atoms with Crippen LogP contribution in [0.4, 0.5) is 4.39 Å². The summed E-state index contributed by atoms with van der Waals surface area (Å²) in [4.78, 5) is 22.1. The molecule has 3 aromatic rings. The van der Waals surface area contributed by atoms with Gasteiger partial charge in [0.1, 0.15) is 5.82 Å². The molecular weight excluding hydrogens is 383 g/mol. The van der Waals surface area contributed by atoms with Gasteiger partial charge in [-0.05, 0) is 35.2 Å². The summed E-state index contributed by atoms with van der Waals surface area (Å²) in [7, 11) is 0. The van der Waals surface area contributed by atoms with E-state index in [9.17, 15) is 9.18 Å². The Morgan fingerprint density at radius 2 is 1.96 bits per heavy atom. The van der Waals surface area contributed by atoms with Gasteiger partial charge in [-0.1, -0.05) is 30.0 Å². The molecule has 0 saturated heterocycles. The lowest BCUT2D eigenvalue weighted by Gasteiger charge is -2.21. The fourth-order valence-electron chi connectivity index (χ4n) is 2.83. The predicted octanol–water partition coefficient (Wildman–Crippen LogP) is 4.15. The number of thioether (sulfide) groups is 1. The van der Waals surface area contributed by atoms with Crippen molar-refractivity contribution in [3.8, 4) is 0 Å². The van der Waals surface area contributed by atoms with Gasteiger partial charge in [-0.15, -0.1) is 11.3 Å². The summed E-state index contributed by atoms with van der Waals surface area (Å²) in [5, 5.41) is 8.63. The van der Waals surface area contributed by atoms with Crippen molar-refractivity contribution in [1.29, 1.82) is 0 Å².